The van der Waals surface area contributed by atoms with Crippen molar-refractivity contribution in [2.24, 2.45) is 0 Å². The van der Waals surface area contributed by atoms with Crippen LogP contribution in [0, 0.1) is 5.82 Å². The Hall–Kier alpha value is -4.03. The largest absolute Gasteiger partial charge is 0.508 e. The Morgan fingerprint density at radius 2 is 1.69 bits per heavy atom. The molecular formula is C36H41FN2O3. The number of fused-ring (bicyclic) bond motifs is 1. The summed E-state index contributed by atoms with van der Waals surface area (Å²) in [5.74, 6) is 1.88. The topological polar surface area (TPSA) is 45.2 Å². The molecule has 1 aliphatic heterocycles. The third-order valence-corrected chi connectivity index (χ3v) is 8.24. The second-order valence-electron chi connectivity index (χ2n) is 11.1. The molecule has 0 saturated carbocycles. The molecule has 6 heteroatoms. The van der Waals surface area contributed by atoms with Gasteiger partial charge in [-0.05, 0) is 115 Å². The molecule has 0 aliphatic carbocycles. The lowest BCUT2D eigenvalue weighted by Gasteiger charge is -2.39. The van der Waals surface area contributed by atoms with E-state index in [9.17, 15) is 9.50 Å². The van der Waals surface area contributed by atoms with E-state index in [1.54, 1.807) is 13.2 Å². The Bertz CT molecular complexity index is 1460. The van der Waals surface area contributed by atoms with Gasteiger partial charge in [0.2, 0.25) is 0 Å². The van der Waals surface area contributed by atoms with Gasteiger partial charge in [0, 0.05) is 25.3 Å². The zero-order valence-electron chi connectivity index (χ0n) is 24.9. The third kappa shape index (κ3) is 7.24. The summed E-state index contributed by atoms with van der Waals surface area (Å²) >= 11 is 0. The first-order valence-corrected chi connectivity index (χ1v) is 14.8. The highest BCUT2D eigenvalue weighted by Crippen LogP contribution is 2.37. The van der Waals surface area contributed by atoms with Gasteiger partial charge in [-0.1, -0.05) is 37.3 Å². The number of ether oxygens (including phenoxy) is 2. The van der Waals surface area contributed by atoms with E-state index in [0.717, 1.165) is 62.5 Å². The van der Waals surface area contributed by atoms with Crippen molar-refractivity contribution in [3.8, 4) is 17.2 Å². The Labute approximate surface area is 249 Å². The number of phenols is 1. The maximum Gasteiger partial charge on any atom is 0.123 e. The van der Waals surface area contributed by atoms with Gasteiger partial charge in [-0.3, -0.25) is 0 Å². The number of phenolic OH excluding ortho intramolecular Hbond substituents is 1. The van der Waals surface area contributed by atoms with Gasteiger partial charge < -0.3 is 24.4 Å². The molecule has 1 heterocycles. The van der Waals surface area contributed by atoms with Crippen LogP contribution in [0.5, 0.6) is 17.2 Å². The monoisotopic (exact) mass is 568 g/mol. The first kappa shape index (κ1) is 29.5. The molecule has 4 aromatic carbocycles. The lowest BCUT2D eigenvalue weighted by Crippen LogP contribution is -2.36. The van der Waals surface area contributed by atoms with E-state index in [0.29, 0.717) is 12.4 Å². The van der Waals surface area contributed by atoms with Gasteiger partial charge in [0.15, 0.2) is 0 Å². The lowest BCUT2D eigenvalue weighted by atomic mass is 9.88. The summed E-state index contributed by atoms with van der Waals surface area (Å²) in [6, 6.07) is 27.3. The summed E-state index contributed by atoms with van der Waals surface area (Å²) in [6.45, 7) is 5.39. The third-order valence-electron chi connectivity index (χ3n) is 8.24. The van der Waals surface area contributed by atoms with Crippen molar-refractivity contribution < 1.29 is 19.0 Å². The van der Waals surface area contributed by atoms with E-state index >= 15 is 0 Å². The molecule has 0 fully saturated rings. The minimum Gasteiger partial charge on any atom is -0.508 e. The van der Waals surface area contributed by atoms with Crippen LogP contribution in [0.4, 0.5) is 10.1 Å². The Kier molecular flexibility index (Phi) is 9.65. The highest BCUT2D eigenvalue weighted by atomic mass is 19.1. The van der Waals surface area contributed by atoms with Crippen LogP contribution in [0.2, 0.25) is 0 Å². The Morgan fingerprint density at radius 3 is 2.43 bits per heavy atom. The van der Waals surface area contributed by atoms with Crippen molar-refractivity contribution in [3.63, 3.8) is 0 Å². The van der Waals surface area contributed by atoms with Crippen LogP contribution in [0.25, 0.3) is 0 Å². The minimum atomic E-state index is -0.234. The average molecular weight is 569 g/mol. The fourth-order valence-corrected chi connectivity index (χ4v) is 5.82. The maximum atomic E-state index is 13.6. The smallest absolute Gasteiger partial charge is 0.123 e. The molecule has 4 aromatic rings. The number of aromatic hydroxyl groups is 1. The molecule has 0 radical (unpaired) electrons. The minimum absolute atomic E-state index is 0.0827. The number of likely N-dealkylation sites (N-methyl/N-ethyl adjacent to an activating group) is 1. The van der Waals surface area contributed by atoms with Crippen LogP contribution in [-0.4, -0.2) is 50.4 Å². The molecule has 1 atom stereocenters. The van der Waals surface area contributed by atoms with Gasteiger partial charge in [-0.15, -0.1) is 0 Å². The maximum absolute atomic E-state index is 13.6. The van der Waals surface area contributed by atoms with E-state index in [-0.39, 0.29) is 11.9 Å². The normalized spacial score (nSPS) is 14.6. The van der Waals surface area contributed by atoms with Crippen molar-refractivity contribution in [3.05, 3.63) is 119 Å². The van der Waals surface area contributed by atoms with E-state index in [4.69, 9.17) is 9.47 Å². The van der Waals surface area contributed by atoms with Crippen molar-refractivity contribution in [2.45, 2.75) is 38.6 Å². The van der Waals surface area contributed by atoms with Gasteiger partial charge in [-0.2, -0.15) is 0 Å². The van der Waals surface area contributed by atoms with Gasteiger partial charge >= 0.3 is 0 Å². The van der Waals surface area contributed by atoms with E-state index in [1.165, 1.54) is 39.9 Å². The Balaban J connectivity index is 1.17. The number of methoxy groups -OCH3 is 1. The average Bonchev–Trinajstić information content (AvgIpc) is 3.01. The van der Waals surface area contributed by atoms with Crippen LogP contribution in [0.15, 0.2) is 84.9 Å². The molecule has 5 rings (SSSR count). The zero-order chi connectivity index (χ0) is 29.5. The van der Waals surface area contributed by atoms with Gasteiger partial charge in [0.05, 0.1) is 13.2 Å². The predicted molar refractivity (Wildman–Crippen MR) is 168 cm³/mol. The molecule has 0 amide bonds. The first-order valence-electron chi connectivity index (χ1n) is 14.8. The van der Waals surface area contributed by atoms with E-state index in [1.807, 2.05) is 36.4 Å². The Morgan fingerprint density at radius 1 is 0.929 bits per heavy atom. The second-order valence-corrected chi connectivity index (χ2v) is 11.1. The van der Waals surface area contributed by atoms with Crippen LogP contribution >= 0.6 is 0 Å². The molecule has 0 aromatic heterocycles. The first-order chi connectivity index (χ1) is 20.4. The van der Waals surface area contributed by atoms with Gasteiger partial charge in [-0.25, -0.2) is 4.39 Å². The summed E-state index contributed by atoms with van der Waals surface area (Å²) in [4.78, 5) is 4.64. The number of benzene rings is 4. The van der Waals surface area contributed by atoms with Gasteiger partial charge in [0.25, 0.3) is 0 Å². The molecule has 5 nitrogen and oxygen atoms in total. The predicted octanol–water partition coefficient (Wildman–Crippen LogP) is 7.00. The molecule has 1 unspecified atom stereocenters. The van der Waals surface area contributed by atoms with Crippen molar-refractivity contribution >= 4 is 5.69 Å². The lowest BCUT2D eigenvalue weighted by molar-refractivity contribution is 0.239. The van der Waals surface area contributed by atoms with E-state index < -0.39 is 0 Å². The van der Waals surface area contributed by atoms with Crippen LogP contribution in [-0.2, 0) is 25.7 Å². The van der Waals surface area contributed by atoms with Crippen LogP contribution in [0.1, 0.15) is 40.8 Å². The highest BCUT2D eigenvalue weighted by molar-refractivity contribution is 5.54. The van der Waals surface area contributed by atoms with Crippen LogP contribution < -0.4 is 14.4 Å². The summed E-state index contributed by atoms with van der Waals surface area (Å²) in [6.07, 6.45) is 3.58. The number of anilines is 1. The SMILES string of the molecule is CCc1cc(CCN(C)CCOc2ccc(CC3c4ccc(O)cc4CCN3c3ccc(F)cc3)cc2)ccc1OC. The van der Waals surface area contributed by atoms with Crippen molar-refractivity contribution in [1.82, 2.24) is 4.90 Å². The molecule has 0 saturated heterocycles. The number of aryl methyl sites for hydroxylation is 1. The van der Waals surface area contributed by atoms with Crippen molar-refractivity contribution in [2.75, 3.05) is 45.3 Å². The fourth-order valence-electron chi connectivity index (χ4n) is 5.82. The zero-order valence-corrected chi connectivity index (χ0v) is 24.9. The molecular weight excluding hydrogens is 527 g/mol. The molecule has 0 spiro atoms. The van der Waals surface area contributed by atoms with Crippen LogP contribution in [0.3, 0.4) is 0 Å². The highest BCUT2D eigenvalue weighted by Gasteiger charge is 2.28. The molecule has 220 valence electrons. The molecule has 1 aliphatic rings. The summed E-state index contributed by atoms with van der Waals surface area (Å²) in [7, 11) is 3.85. The fraction of sp³-hybridized carbons (Fsp3) is 0.333. The summed E-state index contributed by atoms with van der Waals surface area (Å²) in [5, 5.41) is 10.1. The summed E-state index contributed by atoms with van der Waals surface area (Å²) in [5.41, 5.74) is 7.14. The summed E-state index contributed by atoms with van der Waals surface area (Å²) < 4.78 is 25.2. The number of rotatable bonds is 12. The molecule has 42 heavy (non-hydrogen) atoms. The number of hydrogen-bond donors (Lipinski definition) is 1. The molecule has 0 bridgehead atoms. The van der Waals surface area contributed by atoms with E-state index in [2.05, 4.69) is 54.1 Å². The second kappa shape index (κ2) is 13.8. The number of hydrogen-bond acceptors (Lipinski definition) is 5. The standard InChI is InChI=1S/C36H41FN2O3/c1-4-28-23-27(7-16-36(28)41-3)17-19-38(2)21-22-42-33-13-5-26(6-14-33)24-35-34-15-12-32(40)25-29(34)18-20-39(35)31-10-8-30(37)9-11-31/h5-16,23,25,35,40H,4,17-22,24H2,1-3H3. The molecule has 1 N–H and O–H groups in total. The van der Waals surface area contributed by atoms with Gasteiger partial charge in [0.1, 0.15) is 29.7 Å². The number of nitrogens with zero attached hydrogens (tertiary/aromatic N) is 2. The number of halogens is 1. The quantitative estimate of drug-likeness (QED) is 0.199. The van der Waals surface area contributed by atoms with Crippen molar-refractivity contribution in [1.29, 1.82) is 0 Å².